The molecule has 0 fully saturated rings. The first-order valence-electron chi connectivity index (χ1n) is 8.01. The highest BCUT2D eigenvalue weighted by molar-refractivity contribution is 6.30. The molecule has 1 aliphatic rings. The van der Waals surface area contributed by atoms with Gasteiger partial charge in [-0.3, -0.25) is 14.8 Å². The molecule has 1 unspecified atom stereocenters. The lowest BCUT2D eigenvalue weighted by Gasteiger charge is -2.36. The number of aromatic nitrogens is 2. The molecular weight excluding hydrogens is 340 g/mol. The van der Waals surface area contributed by atoms with Crippen molar-refractivity contribution in [2.45, 2.75) is 26.3 Å². The van der Waals surface area contributed by atoms with E-state index in [1.807, 2.05) is 38.1 Å². The predicted molar refractivity (Wildman–Crippen MR) is 96.0 cm³/mol. The summed E-state index contributed by atoms with van der Waals surface area (Å²) in [4.78, 5) is 19.7. The third kappa shape index (κ3) is 3.30. The van der Waals surface area contributed by atoms with Crippen LogP contribution in [0.1, 0.15) is 31.9 Å². The number of rotatable bonds is 5. The van der Waals surface area contributed by atoms with Gasteiger partial charge in [0, 0.05) is 17.3 Å². The topological polar surface area (TPSA) is 69.6 Å². The van der Waals surface area contributed by atoms with Crippen LogP contribution in [0.2, 0.25) is 5.02 Å². The van der Waals surface area contributed by atoms with Gasteiger partial charge in [0.05, 0.1) is 30.5 Å². The molecule has 1 aromatic carbocycles. The van der Waals surface area contributed by atoms with Crippen molar-refractivity contribution in [3.8, 4) is 0 Å². The molecule has 1 aromatic heterocycles. The number of nitrogens with zero attached hydrogens (tertiary/aromatic N) is 4. The second-order valence-corrected chi connectivity index (χ2v) is 6.23. The molecule has 1 atom stereocenters. The molecule has 3 rings (SSSR count). The molecule has 0 saturated heterocycles. The normalized spacial score (nSPS) is 17.3. The lowest BCUT2D eigenvalue weighted by atomic mass is 9.95. The standard InChI is InChI=1S/C18H19ClN4O2/c1-3-22-12(2)16(8-17(24)25)18(13-4-6-14(19)7-5-13)23(22)15-9-20-11-21-10-15/h4-7,9-11,18H,3,8H2,1-2H3,(H,24,25). The first-order valence-corrected chi connectivity index (χ1v) is 8.39. The van der Waals surface area contributed by atoms with Gasteiger partial charge in [-0.15, -0.1) is 0 Å². The molecule has 1 N–H and O–H groups in total. The largest absolute Gasteiger partial charge is 0.481 e. The maximum Gasteiger partial charge on any atom is 0.307 e. The zero-order valence-electron chi connectivity index (χ0n) is 14.1. The van der Waals surface area contributed by atoms with Crippen molar-refractivity contribution >= 4 is 23.3 Å². The molecule has 0 bridgehead atoms. The van der Waals surface area contributed by atoms with Crippen LogP contribution in [0.5, 0.6) is 0 Å². The van der Waals surface area contributed by atoms with Crippen molar-refractivity contribution in [3.63, 3.8) is 0 Å². The fraction of sp³-hybridized carbons (Fsp3) is 0.278. The van der Waals surface area contributed by atoms with Crippen LogP contribution < -0.4 is 5.01 Å². The summed E-state index contributed by atoms with van der Waals surface area (Å²) >= 11 is 6.03. The Morgan fingerprint density at radius 1 is 1.24 bits per heavy atom. The summed E-state index contributed by atoms with van der Waals surface area (Å²) in [5, 5.41) is 14.2. The molecule has 0 saturated carbocycles. The molecule has 1 aliphatic heterocycles. The molecule has 0 spiro atoms. The Morgan fingerprint density at radius 2 is 1.88 bits per heavy atom. The summed E-state index contributed by atoms with van der Waals surface area (Å²) in [6.45, 7) is 4.69. The molecule has 0 aliphatic carbocycles. The van der Waals surface area contributed by atoms with Crippen LogP contribution in [0, 0.1) is 0 Å². The summed E-state index contributed by atoms with van der Waals surface area (Å²) in [5.41, 5.74) is 3.57. The van der Waals surface area contributed by atoms with E-state index >= 15 is 0 Å². The van der Waals surface area contributed by atoms with Crippen LogP contribution in [-0.2, 0) is 4.79 Å². The molecule has 6 nitrogen and oxygen atoms in total. The van der Waals surface area contributed by atoms with Gasteiger partial charge in [-0.05, 0) is 37.1 Å². The van der Waals surface area contributed by atoms with E-state index in [0.29, 0.717) is 11.6 Å². The average molecular weight is 359 g/mol. The quantitative estimate of drug-likeness (QED) is 0.879. The Balaban J connectivity index is 2.14. The van der Waals surface area contributed by atoms with Gasteiger partial charge in [0.15, 0.2) is 0 Å². The number of allylic oxidation sites excluding steroid dienone is 1. The zero-order valence-corrected chi connectivity index (χ0v) is 14.8. The Hall–Kier alpha value is -2.60. The minimum Gasteiger partial charge on any atom is -0.481 e. The van der Waals surface area contributed by atoms with E-state index < -0.39 is 5.97 Å². The summed E-state index contributed by atoms with van der Waals surface area (Å²) in [6, 6.07) is 7.26. The predicted octanol–water partition coefficient (Wildman–Crippen LogP) is 3.68. The third-order valence-corrected chi connectivity index (χ3v) is 4.58. The van der Waals surface area contributed by atoms with E-state index in [9.17, 15) is 9.90 Å². The molecule has 2 aromatic rings. The lowest BCUT2D eigenvalue weighted by molar-refractivity contribution is -0.136. The van der Waals surface area contributed by atoms with Crippen molar-refractivity contribution in [3.05, 3.63) is 64.8 Å². The van der Waals surface area contributed by atoms with Gasteiger partial charge < -0.3 is 5.11 Å². The van der Waals surface area contributed by atoms with Crippen LogP contribution in [-0.4, -0.2) is 32.6 Å². The van der Waals surface area contributed by atoms with E-state index in [-0.39, 0.29) is 12.5 Å². The Bertz CT molecular complexity index is 792. The van der Waals surface area contributed by atoms with Gasteiger partial charge in [0.1, 0.15) is 6.33 Å². The van der Waals surface area contributed by atoms with E-state index in [4.69, 9.17) is 11.6 Å². The van der Waals surface area contributed by atoms with Gasteiger partial charge >= 0.3 is 5.97 Å². The number of hydrazine groups is 1. The number of carboxylic acid groups (broad SMARTS) is 1. The van der Waals surface area contributed by atoms with Gasteiger partial charge in [-0.25, -0.2) is 9.97 Å². The monoisotopic (exact) mass is 358 g/mol. The Kier molecular flexibility index (Phi) is 4.90. The van der Waals surface area contributed by atoms with Gasteiger partial charge in [0.2, 0.25) is 0 Å². The summed E-state index contributed by atoms with van der Waals surface area (Å²) in [5.74, 6) is -0.851. The minimum atomic E-state index is -0.851. The van der Waals surface area contributed by atoms with E-state index in [1.54, 1.807) is 12.4 Å². The maximum absolute atomic E-state index is 11.5. The van der Waals surface area contributed by atoms with Gasteiger partial charge in [-0.2, -0.15) is 0 Å². The second kappa shape index (κ2) is 7.11. The summed E-state index contributed by atoms with van der Waals surface area (Å²) in [6.07, 6.45) is 4.91. The molecule has 0 radical (unpaired) electrons. The maximum atomic E-state index is 11.5. The molecule has 25 heavy (non-hydrogen) atoms. The number of hydrogen-bond acceptors (Lipinski definition) is 5. The molecule has 7 heteroatoms. The highest BCUT2D eigenvalue weighted by Gasteiger charge is 2.38. The molecule has 2 heterocycles. The van der Waals surface area contributed by atoms with Gasteiger partial charge in [-0.1, -0.05) is 23.7 Å². The lowest BCUT2D eigenvalue weighted by Crippen LogP contribution is -2.39. The second-order valence-electron chi connectivity index (χ2n) is 5.79. The first-order chi connectivity index (χ1) is 12.0. The molecular formula is C18H19ClN4O2. The van der Waals surface area contributed by atoms with Crippen molar-refractivity contribution in [1.29, 1.82) is 0 Å². The van der Waals surface area contributed by atoms with E-state index in [0.717, 1.165) is 22.5 Å². The number of halogens is 1. The number of aliphatic carboxylic acids is 1. The fourth-order valence-electron chi connectivity index (χ4n) is 3.27. The summed E-state index contributed by atoms with van der Waals surface area (Å²) < 4.78 is 0. The SMILES string of the molecule is CCN1C(C)=C(CC(=O)O)C(c2ccc(Cl)cc2)N1c1cncnc1. The van der Waals surface area contributed by atoms with Crippen molar-refractivity contribution < 1.29 is 9.90 Å². The van der Waals surface area contributed by atoms with Crippen LogP contribution in [0.15, 0.2) is 54.3 Å². The highest BCUT2D eigenvalue weighted by Crippen LogP contribution is 2.43. The zero-order chi connectivity index (χ0) is 18.0. The Morgan fingerprint density at radius 3 is 2.44 bits per heavy atom. The van der Waals surface area contributed by atoms with Crippen LogP contribution in [0.4, 0.5) is 5.69 Å². The van der Waals surface area contributed by atoms with E-state index in [1.165, 1.54) is 6.33 Å². The molecule has 0 amide bonds. The van der Waals surface area contributed by atoms with Crippen molar-refractivity contribution in [2.75, 3.05) is 11.6 Å². The van der Waals surface area contributed by atoms with E-state index in [2.05, 4.69) is 20.0 Å². The van der Waals surface area contributed by atoms with Crippen LogP contribution >= 0.6 is 11.6 Å². The van der Waals surface area contributed by atoms with Crippen LogP contribution in [0.25, 0.3) is 0 Å². The first kappa shape index (κ1) is 17.2. The van der Waals surface area contributed by atoms with Crippen molar-refractivity contribution in [1.82, 2.24) is 15.0 Å². The fourth-order valence-corrected chi connectivity index (χ4v) is 3.40. The average Bonchev–Trinajstić information content (AvgIpc) is 2.88. The van der Waals surface area contributed by atoms with Gasteiger partial charge in [0.25, 0.3) is 0 Å². The highest BCUT2D eigenvalue weighted by atomic mass is 35.5. The minimum absolute atomic E-state index is 0.0280. The Labute approximate surface area is 151 Å². The number of hydrogen-bond donors (Lipinski definition) is 1. The number of carboxylic acids is 1. The summed E-state index contributed by atoms with van der Waals surface area (Å²) in [7, 11) is 0. The molecule has 130 valence electrons. The van der Waals surface area contributed by atoms with Crippen LogP contribution in [0.3, 0.4) is 0 Å². The smallest absolute Gasteiger partial charge is 0.307 e. The number of anilines is 1. The number of carbonyl (C=O) groups is 1. The third-order valence-electron chi connectivity index (χ3n) is 4.33. The number of benzene rings is 1. The van der Waals surface area contributed by atoms with Crippen molar-refractivity contribution in [2.24, 2.45) is 0 Å².